The van der Waals surface area contributed by atoms with Crippen molar-refractivity contribution < 1.29 is 0 Å². The first-order chi connectivity index (χ1) is 5.74. The van der Waals surface area contributed by atoms with Gasteiger partial charge in [-0.1, -0.05) is 6.07 Å². The first-order valence-corrected chi connectivity index (χ1v) is 6.14. The van der Waals surface area contributed by atoms with Gasteiger partial charge in [-0.05, 0) is 69.1 Å². The highest BCUT2D eigenvalue weighted by Gasteiger charge is 1.97. The number of benzene rings is 1. The summed E-state index contributed by atoms with van der Waals surface area (Å²) in [6, 6.07) is 6.42. The molecule has 0 aromatic heterocycles. The molecule has 12 heavy (non-hydrogen) atoms. The van der Waals surface area contributed by atoms with Crippen molar-refractivity contribution in [2.45, 2.75) is 12.8 Å². The second-order valence-corrected chi connectivity index (χ2v) is 4.94. The Balaban J connectivity index is 2.69. The summed E-state index contributed by atoms with van der Waals surface area (Å²) in [5, 5.41) is 0. The molecule has 0 aliphatic heterocycles. The molecule has 0 fully saturated rings. The van der Waals surface area contributed by atoms with Gasteiger partial charge in [-0.25, -0.2) is 0 Å². The Labute approximate surface area is 100.0 Å². The van der Waals surface area contributed by atoms with Crippen LogP contribution in [0.5, 0.6) is 0 Å². The predicted octanol–water partition coefficient (Wildman–Crippen LogP) is 4.23. The lowest BCUT2D eigenvalue weighted by Gasteiger charge is -2.01. The van der Waals surface area contributed by atoms with E-state index in [9.17, 15) is 0 Å². The molecule has 3 heteroatoms. The fraction of sp³-hybridized carbons (Fsp3) is 0.333. The summed E-state index contributed by atoms with van der Waals surface area (Å²) in [5.41, 5.74) is 1.36. The summed E-state index contributed by atoms with van der Waals surface area (Å²) in [4.78, 5) is 0. The summed E-state index contributed by atoms with van der Waals surface area (Å²) in [5.74, 6) is 0.743. The highest BCUT2D eigenvalue weighted by molar-refractivity contribution is 14.1. The summed E-state index contributed by atoms with van der Waals surface area (Å²) < 4.78 is 2.43. The number of hydrogen-bond acceptors (Lipinski definition) is 0. The molecule has 1 aromatic rings. The van der Waals surface area contributed by atoms with E-state index in [1.807, 2.05) is 0 Å². The van der Waals surface area contributed by atoms with Crippen molar-refractivity contribution in [3.63, 3.8) is 0 Å². The maximum atomic E-state index is 5.61. The van der Waals surface area contributed by atoms with E-state index < -0.39 is 0 Å². The van der Waals surface area contributed by atoms with Crippen LogP contribution in [0.25, 0.3) is 0 Å². The zero-order valence-electron chi connectivity index (χ0n) is 6.49. The molecule has 0 saturated heterocycles. The van der Waals surface area contributed by atoms with Crippen LogP contribution in [0.3, 0.4) is 0 Å². The van der Waals surface area contributed by atoms with E-state index in [0.29, 0.717) is 0 Å². The van der Waals surface area contributed by atoms with Gasteiger partial charge < -0.3 is 0 Å². The van der Waals surface area contributed by atoms with E-state index in [2.05, 4.69) is 56.7 Å². The van der Waals surface area contributed by atoms with Crippen LogP contribution < -0.4 is 0 Å². The van der Waals surface area contributed by atoms with Gasteiger partial charge in [0.05, 0.1) is 0 Å². The second kappa shape index (κ2) is 5.45. The minimum atomic E-state index is 0.743. The first kappa shape index (κ1) is 10.8. The third-order valence-electron chi connectivity index (χ3n) is 1.58. The fourth-order valence-electron chi connectivity index (χ4n) is 0.966. The molecule has 0 unspecified atom stereocenters. The van der Waals surface area contributed by atoms with E-state index in [-0.39, 0.29) is 0 Å². The van der Waals surface area contributed by atoms with Crippen molar-refractivity contribution in [3.05, 3.63) is 31.8 Å². The number of aryl methyl sites for hydroxylation is 1. The second-order valence-electron chi connectivity index (χ2n) is 2.54. The molecule has 0 aliphatic carbocycles. The molecule has 0 radical (unpaired) electrons. The molecule has 0 aliphatic rings. The first-order valence-electron chi connectivity index (χ1n) is 3.74. The van der Waals surface area contributed by atoms with Crippen LogP contribution in [0.4, 0.5) is 0 Å². The Morgan fingerprint density at radius 2 is 2.17 bits per heavy atom. The number of halogens is 3. The van der Waals surface area contributed by atoms with Crippen LogP contribution in [0.1, 0.15) is 12.0 Å². The maximum absolute atomic E-state index is 5.61. The van der Waals surface area contributed by atoms with Gasteiger partial charge in [0.25, 0.3) is 0 Å². The Kier molecular flexibility index (Phi) is 4.90. The van der Waals surface area contributed by atoms with E-state index >= 15 is 0 Å². The van der Waals surface area contributed by atoms with Crippen molar-refractivity contribution in [2.75, 3.05) is 5.88 Å². The minimum absolute atomic E-state index is 0.743. The lowest BCUT2D eigenvalue weighted by atomic mass is 10.1. The quantitative estimate of drug-likeness (QED) is 0.560. The molecule has 1 rings (SSSR count). The number of hydrogen-bond donors (Lipinski definition) is 0. The van der Waals surface area contributed by atoms with Crippen molar-refractivity contribution in [1.29, 1.82) is 0 Å². The lowest BCUT2D eigenvalue weighted by Crippen LogP contribution is -1.87. The molecule has 1 aromatic carbocycles. The summed E-state index contributed by atoms with van der Waals surface area (Å²) in [7, 11) is 0. The molecule has 0 saturated carbocycles. The van der Waals surface area contributed by atoms with Gasteiger partial charge in [0, 0.05) is 13.9 Å². The average Bonchev–Trinajstić information content (AvgIpc) is 2.07. The van der Waals surface area contributed by atoms with Crippen LogP contribution in [0, 0.1) is 3.57 Å². The largest absolute Gasteiger partial charge is 0.127 e. The molecular formula is C9H9BrClI. The van der Waals surface area contributed by atoms with Gasteiger partial charge in [-0.3, -0.25) is 0 Å². The Morgan fingerprint density at radius 3 is 2.75 bits per heavy atom. The van der Waals surface area contributed by atoms with Gasteiger partial charge in [0.1, 0.15) is 0 Å². The molecule has 66 valence electrons. The standard InChI is InChI=1S/C9H9BrClI/c10-8-4-3-7(2-1-5-11)6-9(8)12/h3-4,6H,1-2,5H2. The zero-order valence-corrected chi connectivity index (χ0v) is 11.0. The van der Waals surface area contributed by atoms with Crippen LogP contribution in [-0.2, 0) is 6.42 Å². The fourth-order valence-corrected chi connectivity index (χ4v) is 1.93. The normalized spacial score (nSPS) is 10.2. The molecule has 0 atom stereocenters. The maximum Gasteiger partial charge on any atom is 0.0309 e. The van der Waals surface area contributed by atoms with Crippen molar-refractivity contribution in [3.8, 4) is 0 Å². The summed E-state index contributed by atoms with van der Waals surface area (Å²) >= 11 is 11.4. The highest BCUT2D eigenvalue weighted by Crippen LogP contribution is 2.20. The van der Waals surface area contributed by atoms with Crippen LogP contribution in [0.15, 0.2) is 22.7 Å². The molecule has 0 spiro atoms. The van der Waals surface area contributed by atoms with Gasteiger partial charge in [-0.2, -0.15) is 0 Å². The molecule has 0 amide bonds. The van der Waals surface area contributed by atoms with Crippen molar-refractivity contribution in [1.82, 2.24) is 0 Å². The summed E-state index contributed by atoms with van der Waals surface area (Å²) in [6.45, 7) is 0. The highest BCUT2D eigenvalue weighted by atomic mass is 127. The smallest absolute Gasteiger partial charge is 0.0309 e. The van der Waals surface area contributed by atoms with Gasteiger partial charge in [0.15, 0.2) is 0 Å². The lowest BCUT2D eigenvalue weighted by molar-refractivity contribution is 0.927. The van der Waals surface area contributed by atoms with Crippen molar-refractivity contribution in [2.24, 2.45) is 0 Å². The molecule has 0 nitrogen and oxygen atoms in total. The van der Waals surface area contributed by atoms with E-state index in [0.717, 1.165) is 23.2 Å². The zero-order chi connectivity index (χ0) is 8.97. The molecular weight excluding hydrogens is 350 g/mol. The Morgan fingerprint density at radius 1 is 1.42 bits per heavy atom. The van der Waals surface area contributed by atoms with Crippen LogP contribution in [0.2, 0.25) is 0 Å². The molecule has 0 heterocycles. The molecule has 0 bridgehead atoms. The summed E-state index contributed by atoms with van der Waals surface area (Å²) in [6.07, 6.45) is 2.13. The van der Waals surface area contributed by atoms with Gasteiger partial charge >= 0.3 is 0 Å². The third kappa shape index (κ3) is 3.23. The van der Waals surface area contributed by atoms with E-state index in [4.69, 9.17) is 11.6 Å². The predicted molar refractivity (Wildman–Crippen MR) is 65.9 cm³/mol. The third-order valence-corrected chi connectivity index (χ3v) is 4.18. The van der Waals surface area contributed by atoms with Crippen LogP contribution >= 0.6 is 50.1 Å². The van der Waals surface area contributed by atoms with Crippen LogP contribution in [-0.4, -0.2) is 5.88 Å². The Hall–Kier alpha value is 0.720. The average molecular weight is 359 g/mol. The van der Waals surface area contributed by atoms with Gasteiger partial charge in [0.2, 0.25) is 0 Å². The van der Waals surface area contributed by atoms with E-state index in [1.165, 1.54) is 9.13 Å². The minimum Gasteiger partial charge on any atom is -0.127 e. The monoisotopic (exact) mass is 358 g/mol. The van der Waals surface area contributed by atoms with Gasteiger partial charge in [-0.15, -0.1) is 11.6 Å². The Bertz CT molecular complexity index is 263. The van der Waals surface area contributed by atoms with Crippen molar-refractivity contribution >= 4 is 50.1 Å². The SMILES string of the molecule is ClCCCc1ccc(Br)c(I)c1. The molecule has 0 N–H and O–H groups in total. The number of alkyl halides is 1. The topological polar surface area (TPSA) is 0 Å². The van der Waals surface area contributed by atoms with E-state index in [1.54, 1.807) is 0 Å². The number of rotatable bonds is 3.